The third kappa shape index (κ3) is 4.55. The lowest BCUT2D eigenvalue weighted by Crippen LogP contribution is -2.19. The Morgan fingerprint density at radius 1 is 1.09 bits per heavy atom. The van der Waals surface area contributed by atoms with Crippen LogP contribution in [0, 0.1) is 5.92 Å². The molecule has 114 valence electrons. The van der Waals surface area contributed by atoms with E-state index in [0.29, 0.717) is 5.75 Å². The molecular formula is C19H21NO2. The van der Waals surface area contributed by atoms with Crippen LogP contribution in [0.5, 0.6) is 5.75 Å². The first-order valence-corrected chi connectivity index (χ1v) is 7.63. The molecule has 0 radical (unpaired) electrons. The van der Waals surface area contributed by atoms with E-state index in [-0.39, 0.29) is 11.9 Å². The number of carbonyl (C=O) groups is 1. The summed E-state index contributed by atoms with van der Waals surface area (Å²) < 4.78 is 5.40. The Kier molecular flexibility index (Phi) is 5.90. The predicted octanol–water partition coefficient (Wildman–Crippen LogP) is 4.59. The molecule has 0 aliphatic rings. The average molecular weight is 295 g/mol. The van der Waals surface area contributed by atoms with Gasteiger partial charge in [-0.1, -0.05) is 38.1 Å². The molecule has 0 bridgehead atoms. The SMILES string of the molecule is CCC(CC)C(=O)Oc1ccc(/C=C/c2ccccn2)cc1. The molecule has 22 heavy (non-hydrogen) atoms. The lowest BCUT2D eigenvalue weighted by atomic mass is 10.0. The van der Waals surface area contributed by atoms with Crippen LogP contribution in [0.25, 0.3) is 12.2 Å². The zero-order chi connectivity index (χ0) is 15.8. The van der Waals surface area contributed by atoms with Crippen molar-refractivity contribution in [3.05, 3.63) is 59.9 Å². The van der Waals surface area contributed by atoms with Gasteiger partial charge in [0, 0.05) is 6.20 Å². The highest BCUT2D eigenvalue weighted by molar-refractivity contribution is 5.75. The van der Waals surface area contributed by atoms with Crippen molar-refractivity contribution in [1.29, 1.82) is 0 Å². The van der Waals surface area contributed by atoms with Gasteiger partial charge in [-0.2, -0.15) is 0 Å². The van der Waals surface area contributed by atoms with Gasteiger partial charge in [-0.15, -0.1) is 0 Å². The van der Waals surface area contributed by atoms with Crippen LogP contribution >= 0.6 is 0 Å². The summed E-state index contributed by atoms with van der Waals surface area (Å²) in [5.41, 5.74) is 1.94. The molecule has 1 heterocycles. The van der Waals surface area contributed by atoms with Crippen LogP contribution in [0.2, 0.25) is 0 Å². The zero-order valence-electron chi connectivity index (χ0n) is 13.0. The molecule has 1 aromatic carbocycles. The van der Waals surface area contributed by atoms with Crippen molar-refractivity contribution in [3.8, 4) is 5.75 Å². The molecule has 2 rings (SSSR count). The van der Waals surface area contributed by atoms with E-state index >= 15 is 0 Å². The molecule has 0 aliphatic heterocycles. The first kappa shape index (κ1) is 16.0. The van der Waals surface area contributed by atoms with Crippen molar-refractivity contribution < 1.29 is 9.53 Å². The Balaban J connectivity index is 1.98. The number of benzene rings is 1. The van der Waals surface area contributed by atoms with Crippen molar-refractivity contribution in [3.63, 3.8) is 0 Å². The van der Waals surface area contributed by atoms with Crippen molar-refractivity contribution in [2.75, 3.05) is 0 Å². The number of hydrogen-bond donors (Lipinski definition) is 0. The summed E-state index contributed by atoms with van der Waals surface area (Å²) in [6.07, 6.45) is 7.31. The molecule has 0 aliphatic carbocycles. The van der Waals surface area contributed by atoms with E-state index in [4.69, 9.17) is 4.74 Å². The standard InChI is InChI=1S/C19H21NO2/c1-3-16(4-2)19(21)22-18-12-9-15(10-13-18)8-11-17-7-5-6-14-20-17/h5-14,16H,3-4H2,1-2H3/b11-8+. The van der Waals surface area contributed by atoms with E-state index in [1.165, 1.54) is 0 Å². The molecule has 0 unspecified atom stereocenters. The molecule has 0 spiro atoms. The average Bonchev–Trinajstić information content (AvgIpc) is 2.56. The Morgan fingerprint density at radius 2 is 1.82 bits per heavy atom. The summed E-state index contributed by atoms with van der Waals surface area (Å²) in [5, 5.41) is 0. The Labute approximate surface area is 131 Å². The van der Waals surface area contributed by atoms with Crippen LogP contribution < -0.4 is 4.74 Å². The van der Waals surface area contributed by atoms with Gasteiger partial charge < -0.3 is 4.74 Å². The first-order valence-electron chi connectivity index (χ1n) is 7.63. The first-order chi connectivity index (χ1) is 10.7. The topological polar surface area (TPSA) is 39.2 Å². The molecular weight excluding hydrogens is 274 g/mol. The number of hydrogen-bond acceptors (Lipinski definition) is 3. The van der Waals surface area contributed by atoms with Crippen molar-refractivity contribution in [1.82, 2.24) is 4.98 Å². The third-order valence-corrected chi connectivity index (χ3v) is 3.55. The summed E-state index contributed by atoms with van der Waals surface area (Å²) in [7, 11) is 0. The lowest BCUT2D eigenvalue weighted by molar-refractivity contribution is -0.139. The molecule has 0 fully saturated rings. The summed E-state index contributed by atoms with van der Waals surface area (Å²) >= 11 is 0. The second-order valence-corrected chi connectivity index (χ2v) is 5.09. The highest BCUT2D eigenvalue weighted by Crippen LogP contribution is 2.17. The highest BCUT2D eigenvalue weighted by Gasteiger charge is 2.16. The van der Waals surface area contributed by atoms with Crippen molar-refractivity contribution in [2.45, 2.75) is 26.7 Å². The van der Waals surface area contributed by atoms with Crippen LogP contribution in [0.4, 0.5) is 0 Å². The molecule has 0 saturated carbocycles. The normalized spacial score (nSPS) is 11.0. The lowest BCUT2D eigenvalue weighted by Gasteiger charge is -2.11. The Hall–Kier alpha value is -2.42. The second-order valence-electron chi connectivity index (χ2n) is 5.09. The van der Waals surface area contributed by atoms with Gasteiger partial charge in [-0.3, -0.25) is 9.78 Å². The number of nitrogens with zero attached hydrogens (tertiary/aromatic N) is 1. The fraction of sp³-hybridized carbons (Fsp3) is 0.263. The van der Waals surface area contributed by atoms with Gasteiger partial charge in [0.25, 0.3) is 0 Å². The largest absolute Gasteiger partial charge is 0.426 e. The molecule has 2 aromatic rings. The van der Waals surface area contributed by atoms with Gasteiger partial charge in [-0.25, -0.2) is 0 Å². The maximum atomic E-state index is 11.9. The van der Waals surface area contributed by atoms with E-state index in [9.17, 15) is 4.79 Å². The van der Waals surface area contributed by atoms with Gasteiger partial charge in [0.1, 0.15) is 5.75 Å². The van der Waals surface area contributed by atoms with E-state index in [1.807, 2.05) is 68.5 Å². The fourth-order valence-corrected chi connectivity index (χ4v) is 2.12. The van der Waals surface area contributed by atoms with Gasteiger partial charge in [0.05, 0.1) is 11.6 Å². The minimum Gasteiger partial charge on any atom is -0.426 e. The second kappa shape index (κ2) is 8.13. The van der Waals surface area contributed by atoms with Crippen LogP contribution in [0.15, 0.2) is 48.7 Å². The summed E-state index contributed by atoms with van der Waals surface area (Å²) in [6, 6.07) is 13.3. The van der Waals surface area contributed by atoms with E-state index in [1.54, 1.807) is 6.20 Å². The Morgan fingerprint density at radius 3 is 2.41 bits per heavy atom. The molecule has 0 N–H and O–H groups in total. The van der Waals surface area contributed by atoms with Gasteiger partial charge >= 0.3 is 5.97 Å². The van der Waals surface area contributed by atoms with Gasteiger partial charge in [-0.05, 0) is 48.7 Å². The van der Waals surface area contributed by atoms with E-state index in [0.717, 1.165) is 24.1 Å². The van der Waals surface area contributed by atoms with E-state index in [2.05, 4.69) is 4.98 Å². The number of carbonyl (C=O) groups excluding carboxylic acids is 1. The van der Waals surface area contributed by atoms with Gasteiger partial charge in [0.15, 0.2) is 0 Å². The molecule has 0 saturated heterocycles. The summed E-state index contributed by atoms with van der Waals surface area (Å²) in [5.74, 6) is 0.414. The van der Waals surface area contributed by atoms with Crippen LogP contribution in [-0.4, -0.2) is 11.0 Å². The zero-order valence-corrected chi connectivity index (χ0v) is 13.0. The number of rotatable bonds is 6. The highest BCUT2D eigenvalue weighted by atomic mass is 16.5. The Bertz CT molecular complexity index is 614. The minimum absolute atomic E-state index is 0.0243. The van der Waals surface area contributed by atoms with Crippen LogP contribution in [0.3, 0.4) is 0 Å². The van der Waals surface area contributed by atoms with Crippen molar-refractivity contribution >= 4 is 18.1 Å². The monoisotopic (exact) mass is 295 g/mol. The quantitative estimate of drug-likeness (QED) is 0.578. The van der Waals surface area contributed by atoms with Crippen molar-refractivity contribution in [2.24, 2.45) is 5.92 Å². The van der Waals surface area contributed by atoms with E-state index < -0.39 is 0 Å². The fourth-order valence-electron chi connectivity index (χ4n) is 2.12. The predicted molar refractivity (Wildman–Crippen MR) is 89.3 cm³/mol. The van der Waals surface area contributed by atoms with Gasteiger partial charge in [0.2, 0.25) is 0 Å². The number of aromatic nitrogens is 1. The van der Waals surface area contributed by atoms with Crippen LogP contribution in [-0.2, 0) is 4.79 Å². The summed E-state index contributed by atoms with van der Waals surface area (Å²) in [4.78, 5) is 16.2. The molecule has 3 heteroatoms. The molecule has 3 nitrogen and oxygen atoms in total. The maximum Gasteiger partial charge on any atom is 0.314 e. The smallest absolute Gasteiger partial charge is 0.314 e. The number of ether oxygens (including phenoxy) is 1. The number of esters is 1. The molecule has 0 amide bonds. The maximum absolute atomic E-state index is 11.9. The molecule has 0 atom stereocenters. The molecule has 1 aromatic heterocycles. The number of pyridine rings is 1. The minimum atomic E-state index is -0.151. The summed E-state index contributed by atoms with van der Waals surface area (Å²) in [6.45, 7) is 4.00. The third-order valence-electron chi connectivity index (χ3n) is 3.55. The van der Waals surface area contributed by atoms with Crippen LogP contribution in [0.1, 0.15) is 37.9 Å².